The highest BCUT2D eigenvalue weighted by Gasteiger charge is 2.28. The third-order valence-corrected chi connectivity index (χ3v) is 3.83. The van der Waals surface area contributed by atoms with Crippen LogP contribution in [0.25, 0.3) is 0 Å². The van der Waals surface area contributed by atoms with Crippen LogP contribution in [0.2, 0.25) is 0 Å². The van der Waals surface area contributed by atoms with Gasteiger partial charge < -0.3 is 16.0 Å². The first-order valence-electron chi connectivity index (χ1n) is 7.21. The van der Waals surface area contributed by atoms with Gasteiger partial charge in [0.1, 0.15) is 17.2 Å². The van der Waals surface area contributed by atoms with Gasteiger partial charge >= 0.3 is 0 Å². The van der Waals surface area contributed by atoms with Crippen LogP contribution < -0.4 is 16.0 Å². The van der Waals surface area contributed by atoms with Crippen molar-refractivity contribution in [1.29, 1.82) is 0 Å². The van der Waals surface area contributed by atoms with Crippen LogP contribution >= 0.6 is 0 Å². The number of halogens is 2. The molecule has 1 heterocycles. The fraction of sp³-hybridized carbons (Fsp3) is 0.467. The van der Waals surface area contributed by atoms with Gasteiger partial charge in [-0.05, 0) is 31.1 Å². The first kappa shape index (κ1) is 16.4. The summed E-state index contributed by atoms with van der Waals surface area (Å²) in [4.78, 5) is 23.5. The lowest BCUT2D eigenvalue weighted by molar-refractivity contribution is -0.126. The second kappa shape index (κ2) is 7.31. The molecule has 0 aromatic heterocycles. The molecule has 2 amide bonds. The summed E-state index contributed by atoms with van der Waals surface area (Å²) in [5, 5.41) is 8.18. The average Bonchev–Trinajstić information content (AvgIpc) is 2.41. The molecule has 0 bridgehead atoms. The highest BCUT2D eigenvalue weighted by atomic mass is 19.1. The van der Waals surface area contributed by atoms with E-state index in [2.05, 4.69) is 16.0 Å². The van der Waals surface area contributed by atoms with Crippen molar-refractivity contribution in [3.63, 3.8) is 0 Å². The van der Waals surface area contributed by atoms with E-state index < -0.39 is 23.1 Å². The van der Waals surface area contributed by atoms with Crippen molar-refractivity contribution < 1.29 is 18.4 Å². The van der Waals surface area contributed by atoms with Crippen molar-refractivity contribution in [1.82, 2.24) is 16.0 Å². The van der Waals surface area contributed by atoms with Crippen LogP contribution in [0.1, 0.15) is 17.3 Å². The summed E-state index contributed by atoms with van der Waals surface area (Å²) in [5.41, 5.74) is -0.609. The van der Waals surface area contributed by atoms with Crippen molar-refractivity contribution in [3.8, 4) is 0 Å². The molecule has 1 fully saturated rings. The Morgan fingerprint density at radius 1 is 1.23 bits per heavy atom. The van der Waals surface area contributed by atoms with Gasteiger partial charge in [-0.2, -0.15) is 0 Å². The molecular formula is C15H19F2N3O2. The standard InChI is InChI=1S/C15H19F2N3O2/c1-9(10-7-18-8-10)14(21)19-5-6-20-15(22)13-11(16)3-2-4-12(13)17/h2-4,9-10,18H,5-8H2,1H3,(H,19,21)(H,20,22). The van der Waals surface area contributed by atoms with E-state index in [9.17, 15) is 18.4 Å². The molecule has 1 unspecified atom stereocenters. The fourth-order valence-electron chi connectivity index (χ4n) is 2.20. The van der Waals surface area contributed by atoms with Gasteiger partial charge in [-0.25, -0.2) is 8.78 Å². The van der Waals surface area contributed by atoms with Crippen LogP contribution in [-0.4, -0.2) is 38.0 Å². The molecule has 120 valence electrons. The van der Waals surface area contributed by atoms with Crippen molar-refractivity contribution >= 4 is 11.8 Å². The Labute approximate surface area is 127 Å². The van der Waals surface area contributed by atoms with E-state index in [0.717, 1.165) is 25.2 Å². The molecule has 22 heavy (non-hydrogen) atoms. The summed E-state index contributed by atoms with van der Waals surface area (Å²) in [7, 11) is 0. The molecule has 1 saturated heterocycles. The SMILES string of the molecule is CC(C(=O)NCCNC(=O)c1c(F)cccc1F)C1CNC1. The van der Waals surface area contributed by atoms with E-state index >= 15 is 0 Å². The van der Waals surface area contributed by atoms with Crippen LogP contribution in [-0.2, 0) is 4.79 Å². The topological polar surface area (TPSA) is 70.2 Å². The number of carbonyl (C=O) groups excluding carboxylic acids is 2. The predicted molar refractivity (Wildman–Crippen MR) is 77.2 cm³/mol. The molecule has 0 saturated carbocycles. The van der Waals surface area contributed by atoms with Crippen molar-refractivity contribution in [2.24, 2.45) is 11.8 Å². The van der Waals surface area contributed by atoms with E-state index in [1.54, 1.807) is 0 Å². The Balaban J connectivity index is 1.74. The Morgan fingerprint density at radius 3 is 2.36 bits per heavy atom. The highest BCUT2D eigenvalue weighted by Crippen LogP contribution is 2.15. The molecule has 5 nitrogen and oxygen atoms in total. The van der Waals surface area contributed by atoms with E-state index in [1.165, 1.54) is 6.07 Å². The van der Waals surface area contributed by atoms with E-state index in [-0.39, 0.29) is 24.9 Å². The Morgan fingerprint density at radius 2 is 1.82 bits per heavy atom. The minimum atomic E-state index is -0.910. The van der Waals surface area contributed by atoms with Gasteiger partial charge in [0.25, 0.3) is 5.91 Å². The fourth-order valence-corrected chi connectivity index (χ4v) is 2.20. The summed E-state index contributed by atoms with van der Waals surface area (Å²) in [6.45, 7) is 3.84. The zero-order valence-corrected chi connectivity index (χ0v) is 12.3. The van der Waals surface area contributed by atoms with E-state index in [4.69, 9.17) is 0 Å². The maximum atomic E-state index is 13.4. The van der Waals surface area contributed by atoms with Crippen molar-refractivity contribution in [2.75, 3.05) is 26.2 Å². The molecule has 0 spiro atoms. The molecular weight excluding hydrogens is 292 g/mol. The highest BCUT2D eigenvalue weighted by molar-refractivity contribution is 5.94. The second-order valence-electron chi connectivity index (χ2n) is 5.35. The molecule has 1 aliphatic rings. The van der Waals surface area contributed by atoms with Gasteiger partial charge in [-0.1, -0.05) is 13.0 Å². The van der Waals surface area contributed by atoms with E-state index in [1.807, 2.05) is 6.92 Å². The van der Waals surface area contributed by atoms with Crippen LogP contribution in [0, 0.1) is 23.5 Å². The summed E-state index contributed by atoms with van der Waals surface area (Å²) < 4.78 is 26.8. The number of rotatable bonds is 6. The molecule has 0 aliphatic carbocycles. The monoisotopic (exact) mass is 311 g/mol. The first-order chi connectivity index (χ1) is 10.5. The smallest absolute Gasteiger partial charge is 0.257 e. The molecule has 2 rings (SSSR count). The van der Waals surface area contributed by atoms with Crippen molar-refractivity contribution in [3.05, 3.63) is 35.4 Å². The Hall–Kier alpha value is -2.02. The van der Waals surface area contributed by atoms with Gasteiger partial charge in [0.2, 0.25) is 5.91 Å². The van der Waals surface area contributed by atoms with Crippen LogP contribution in [0.5, 0.6) is 0 Å². The Kier molecular flexibility index (Phi) is 5.43. The first-order valence-corrected chi connectivity index (χ1v) is 7.21. The van der Waals surface area contributed by atoms with Gasteiger partial charge in [0.05, 0.1) is 0 Å². The van der Waals surface area contributed by atoms with Gasteiger partial charge in [0.15, 0.2) is 0 Å². The Bertz CT molecular complexity index is 541. The maximum absolute atomic E-state index is 13.4. The predicted octanol–water partition coefficient (Wildman–Crippen LogP) is 0.666. The second-order valence-corrected chi connectivity index (χ2v) is 5.35. The molecule has 1 atom stereocenters. The number of benzene rings is 1. The summed E-state index contributed by atoms with van der Waals surface area (Å²) in [6, 6.07) is 3.24. The minimum Gasteiger partial charge on any atom is -0.354 e. The normalized spacial score (nSPS) is 15.8. The number of hydrogen-bond acceptors (Lipinski definition) is 3. The maximum Gasteiger partial charge on any atom is 0.257 e. The molecule has 0 radical (unpaired) electrons. The largest absolute Gasteiger partial charge is 0.354 e. The summed E-state index contributed by atoms with van der Waals surface area (Å²) in [6.07, 6.45) is 0. The quantitative estimate of drug-likeness (QED) is 0.676. The average molecular weight is 311 g/mol. The minimum absolute atomic E-state index is 0.0854. The van der Waals surface area contributed by atoms with Crippen LogP contribution in [0.3, 0.4) is 0 Å². The van der Waals surface area contributed by atoms with Gasteiger partial charge in [-0.15, -0.1) is 0 Å². The lowest BCUT2D eigenvalue weighted by atomic mass is 9.88. The third kappa shape index (κ3) is 3.79. The number of hydrogen-bond donors (Lipinski definition) is 3. The number of nitrogens with one attached hydrogen (secondary N) is 3. The van der Waals surface area contributed by atoms with E-state index in [0.29, 0.717) is 5.92 Å². The number of amides is 2. The molecule has 1 aromatic rings. The summed E-state index contributed by atoms with van der Waals surface area (Å²) in [5.74, 6) is -2.50. The van der Waals surface area contributed by atoms with Crippen molar-refractivity contribution in [2.45, 2.75) is 6.92 Å². The zero-order chi connectivity index (χ0) is 16.1. The van der Waals surface area contributed by atoms with Gasteiger partial charge in [0, 0.05) is 19.0 Å². The van der Waals surface area contributed by atoms with Crippen LogP contribution in [0.15, 0.2) is 18.2 Å². The molecule has 3 N–H and O–H groups in total. The zero-order valence-electron chi connectivity index (χ0n) is 12.3. The van der Waals surface area contributed by atoms with Crippen LogP contribution in [0.4, 0.5) is 8.78 Å². The number of carbonyl (C=O) groups is 2. The lowest BCUT2D eigenvalue weighted by Gasteiger charge is -2.31. The molecule has 1 aliphatic heterocycles. The molecule has 1 aromatic carbocycles. The van der Waals surface area contributed by atoms with Gasteiger partial charge in [-0.3, -0.25) is 9.59 Å². The lowest BCUT2D eigenvalue weighted by Crippen LogP contribution is -2.50. The third-order valence-electron chi connectivity index (χ3n) is 3.83. The molecule has 7 heteroatoms. The summed E-state index contributed by atoms with van der Waals surface area (Å²) >= 11 is 0.